The van der Waals surface area contributed by atoms with Crippen LogP contribution in [0.3, 0.4) is 0 Å². The minimum Gasteiger partial charge on any atom is -0.437 e. The van der Waals surface area contributed by atoms with Crippen LogP contribution in [0.2, 0.25) is 5.02 Å². The number of nitrogens with zero attached hydrogens (tertiary/aromatic N) is 2. The normalized spacial score (nSPS) is 12.0. The number of carbonyl (C=O) groups excluding carboxylic acids is 2. The average Bonchev–Trinajstić information content (AvgIpc) is 2.88. The van der Waals surface area contributed by atoms with Gasteiger partial charge in [-0.15, -0.1) is 0 Å². The van der Waals surface area contributed by atoms with E-state index in [4.69, 9.17) is 21.4 Å². The lowest BCUT2D eigenvalue weighted by molar-refractivity contribution is 0.0966. The van der Waals surface area contributed by atoms with E-state index in [0.717, 1.165) is 18.4 Å². The van der Waals surface area contributed by atoms with E-state index in [0.29, 0.717) is 35.1 Å². The van der Waals surface area contributed by atoms with Crippen LogP contribution in [0, 0.1) is 5.92 Å². The number of halogens is 1. The van der Waals surface area contributed by atoms with Crippen LogP contribution in [0.5, 0.6) is 11.6 Å². The van der Waals surface area contributed by atoms with Crippen molar-refractivity contribution in [3.63, 3.8) is 0 Å². The second-order valence-corrected chi connectivity index (χ2v) is 9.10. The molecule has 7 heteroatoms. The number of rotatable bonds is 13. The Labute approximate surface area is 217 Å². The maximum atomic E-state index is 12.7. The molecule has 0 saturated carbocycles. The van der Waals surface area contributed by atoms with E-state index in [1.54, 1.807) is 18.3 Å². The van der Waals surface area contributed by atoms with Gasteiger partial charge in [0, 0.05) is 43.5 Å². The van der Waals surface area contributed by atoms with Crippen LogP contribution in [0.4, 0.5) is 0 Å². The van der Waals surface area contributed by atoms with Gasteiger partial charge in [-0.2, -0.15) is 0 Å². The molecule has 1 N–H and O–H groups in total. The molecule has 0 saturated heterocycles. The summed E-state index contributed by atoms with van der Waals surface area (Å²) >= 11 is 6.34. The molecule has 188 valence electrons. The van der Waals surface area contributed by atoms with Gasteiger partial charge in [-0.25, -0.2) is 4.98 Å². The minimum atomic E-state index is -0.178. The standard InChI is InChI=1S/C29H31ClN2O4/c1-3-5-21-9-11-28(24(30)17-21)36-29-12-10-22(19-32-29)8-7-20(2)16-27(35)23-13-14-31-25(18-23)26(34)6-4-15-33/h7-14,17-20,33H,3-6,15-16H2,1-2H3/b8-7+/t20-/m0/s1. The van der Waals surface area contributed by atoms with Gasteiger partial charge in [-0.05, 0) is 60.2 Å². The van der Waals surface area contributed by atoms with E-state index < -0.39 is 0 Å². The zero-order valence-electron chi connectivity index (χ0n) is 20.6. The van der Waals surface area contributed by atoms with Crippen molar-refractivity contribution in [3.8, 4) is 11.6 Å². The van der Waals surface area contributed by atoms with Gasteiger partial charge in [-0.1, -0.05) is 50.1 Å². The summed E-state index contributed by atoms with van der Waals surface area (Å²) < 4.78 is 5.82. The first-order chi connectivity index (χ1) is 17.4. The Morgan fingerprint density at radius 2 is 1.94 bits per heavy atom. The zero-order chi connectivity index (χ0) is 25.9. The molecule has 36 heavy (non-hydrogen) atoms. The number of allylic oxidation sites excluding steroid dienone is 1. The molecule has 0 radical (unpaired) electrons. The van der Waals surface area contributed by atoms with Gasteiger partial charge < -0.3 is 9.84 Å². The number of Topliss-reactive ketones (excluding diaryl/α,β-unsaturated/α-hetero) is 2. The number of carbonyl (C=O) groups is 2. The molecule has 0 amide bonds. The number of pyridine rings is 2. The molecule has 6 nitrogen and oxygen atoms in total. The summed E-state index contributed by atoms with van der Waals surface area (Å²) in [7, 11) is 0. The van der Waals surface area contributed by atoms with Crippen LogP contribution >= 0.6 is 11.6 Å². The first-order valence-corrected chi connectivity index (χ1v) is 12.5. The Kier molecular flexibility index (Phi) is 10.3. The highest BCUT2D eigenvalue weighted by molar-refractivity contribution is 6.32. The van der Waals surface area contributed by atoms with Crippen LogP contribution in [0.25, 0.3) is 6.08 Å². The fourth-order valence-electron chi connectivity index (χ4n) is 3.61. The molecule has 1 aromatic carbocycles. The largest absolute Gasteiger partial charge is 0.437 e. The third kappa shape index (κ3) is 8.11. The van der Waals surface area contributed by atoms with Gasteiger partial charge in [-0.3, -0.25) is 14.6 Å². The second-order valence-electron chi connectivity index (χ2n) is 8.69. The van der Waals surface area contributed by atoms with Crippen molar-refractivity contribution in [1.82, 2.24) is 9.97 Å². The van der Waals surface area contributed by atoms with Gasteiger partial charge in [0.25, 0.3) is 0 Å². The molecule has 1 atom stereocenters. The first-order valence-electron chi connectivity index (χ1n) is 12.1. The highest BCUT2D eigenvalue weighted by Crippen LogP contribution is 2.29. The van der Waals surface area contributed by atoms with Crippen LogP contribution in [0.1, 0.15) is 71.5 Å². The summed E-state index contributed by atoms with van der Waals surface area (Å²) in [6.07, 6.45) is 9.94. The molecule has 2 heterocycles. The predicted molar refractivity (Wildman–Crippen MR) is 142 cm³/mol. The Hall–Kier alpha value is -3.35. The van der Waals surface area contributed by atoms with Crippen molar-refractivity contribution in [3.05, 3.63) is 88.3 Å². The maximum absolute atomic E-state index is 12.7. The monoisotopic (exact) mass is 506 g/mol. The summed E-state index contributed by atoms with van der Waals surface area (Å²) in [5.74, 6) is 0.753. The number of hydrogen-bond donors (Lipinski definition) is 1. The molecule has 0 unspecified atom stereocenters. The van der Waals surface area contributed by atoms with Gasteiger partial charge in [0.05, 0.1) is 5.02 Å². The molecule has 0 fully saturated rings. The molecule has 0 bridgehead atoms. The lowest BCUT2D eigenvalue weighted by atomic mass is 9.98. The number of ether oxygens (including phenoxy) is 1. The number of hydrogen-bond acceptors (Lipinski definition) is 6. The summed E-state index contributed by atoms with van der Waals surface area (Å²) in [5, 5.41) is 9.45. The quantitative estimate of drug-likeness (QED) is 0.258. The minimum absolute atomic E-state index is 0.0180. The van der Waals surface area contributed by atoms with Crippen molar-refractivity contribution in [2.75, 3.05) is 6.61 Å². The number of benzene rings is 1. The molecule has 0 aliphatic carbocycles. The van der Waals surface area contributed by atoms with Crippen molar-refractivity contribution in [2.24, 2.45) is 5.92 Å². The van der Waals surface area contributed by atoms with E-state index in [2.05, 4.69) is 16.9 Å². The SMILES string of the molecule is CCCc1ccc(Oc2ccc(/C=C/[C@H](C)CC(=O)c3ccnc(C(=O)CCCO)c3)cn2)c(Cl)c1. The predicted octanol–water partition coefficient (Wildman–Crippen LogP) is 6.75. The second kappa shape index (κ2) is 13.7. The first kappa shape index (κ1) is 27.2. The smallest absolute Gasteiger partial charge is 0.219 e. The Balaban J connectivity index is 1.56. The molecule has 0 aliphatic heterocycles. The number of aliphatic hydroxyl groups excluding tert-OH is 1. The van der Waals surface area contributed by atoms with Crippen LogP contribution in [-0.2, 0) is 6.42 Å². The number of aromatic nitrogens is 2. The van der Waals surface area contributed by atoms with Crippen molar-refractivity contribution in [1.29, 1.82) is 0 Å². The lowest BCUT2D eigenvalue weighted by Gasteiger charge is -2.09. The van der Waals surface area contributed by atoms with Crippen molar-refractivity contribution < 1.29 is 19.4 Å². The fraction of sp³-hybridized carbons (Fsp3) is 0.310. The average molecular weight is 507 g/mol. The molecule has 0 aliphatic rings. The fourth-order valence-corrected chi connectivity index (χ4v) is 3.85. The maximum Gasteiger partial charge on any atom is 0.219 e. The van der Waals surface area contributed by atoms with Gasteiger partial charge in [0.15, 0.2) is 11.6 Å². The Morgan fingerprint density at radius 1 is 1.11 bits per heavy atom. The van der Waals surface area contributed by atoms with E-state index in [-0.39, 0.29) is 36.2 Å². The number of aryl methyl sites for hydroxylation is 1. The number of ketones is 2. The summed E-state index contributed by atoms with van der Waals surface area (Å²) in [6.45, 7) is 4.03. The molecule has 3 rings (SSSR count). The van der Waals surface area contributed by atoms with E-state index in [1.165, 1.54) is 17.8 Å². The van der Waals surface area contributed by atoms with E-state index in [1.807, 2.05) is 43.3 Å². The lowest BCUT2D eigenvalue weighted by Crippen LogP contribution is -2.08. The van der Waals surface area contributed by atoms with Gasteiger partial charge >= 0.3 is 0 Å². The summed E-state index contributed by atoms with van der Waals surface area (Å²) in [6, 6.07) is 12.6. The highest BCUT2D eigenvalue weighted by atomic mass is 35.5. The third-order valence-corrected chi connectivity index (χ3v) is 5.86. The molecular formula is C29H31ClN2O4. The molecule has 0 spiro atoms. The Bertz CT molecular complexity index is 1210. The van der Waals surface area contributed by atoms with Gasteiger partial charge in [0.2, 0.25) is 5.88 Å². The van der Waals surface area contributed by atoms with E-state index >= 15 is 0 Å². The van der Waals surface area contributed by atoms with Crippen LogP contribution in [-0.4, -0.2) is 33.2 Å². The van der Waals surface area contributed by atoms with Crippen molar-refractivity contribution in [2.45, 2.75) is 46.0 Å². The van der Waals surface area contributed by atoms with Crippen molar-refractivity contribution >= 4 is 29.2 Å². The topological polar surface area (TPSA) is 89.4 Å². The molecule has 3 aromatic rings. The Morgan fingerprint density at radius 3 is 2.64 bits per heavy atom. The van der Waals surface area contributed by atoms with E-state index in [9.17, 15) is 9.59 Å². The summed E-state index contributed by atoms with van der Waals surface area (Å²) in [4.78, 5) is 33.2. The molecular weight excluding hydrogens is 476 g/mol. The van der Waals surface area contributed by atoms with Crippen LogP contribution < -0.4 is 4.74 Å². The number of aliphatic hydroxyl groups is 1. The zero-order valence-corrected chi connectivity index (χ0v) is 21.4. The van der Waals surface area contributed by atoms with Crippen LogP contribution in [0.15, 0.2) is 60.9 Å². The highest BCUT2D eigenvalue weighted by Gasteiger charge is 2.14. The summed E-state index contributed by atoms with van der Waals surface area (Å²) in [5.41, 5.74) is 2.77. The van der Waals surface area contributed by atoms with Gasteiger partial charge in [0.1, 0.15) is 11.4 Å². The molecule has 2 aromatic heterocycles. The third-order valence-electron chi connectivity index (χ3n) is 5.56.